The predicted octanol–water partition coefficient (Wildman–Crippen LogP) is 0.925. The van der Waals surface area contributed by atoms with Crippen LogP contribution in [0.2, 0.25) is 0 Å². The van der Waals surface area contributed by atoms with Crippen molar-refractivity contribution in [3.63, 3.8) is 0 Å². The van der Waals surface area contributed by atoms with Crippen molar-refractivity contribution in [3.8, 4) is 0 Å². The maximum atomic E-state index is 12.5. The minimum absolute atomic E-state index is 0. The number of rotatable bonds is 4. The number of piperazine rings is 1. The van der Waals surface area contributed by atoms with Crippen molar-refractivity contribution in [2.75, 3.05) is 26.2 Å². The molecule has 1 fully saturated rings. The van der Waals surface area contributed by atoms with Gasteiger partial charge in [-0.15, -0.1) is 12.4 Å². The molecule has 8 heteroatoms. The molecule has 1 heterocycles. The van der Waals surface area contributed by atoms with E-state index in [1.807, 2.05) is 0 Å². The van der Waals surface area contributed by atoms with Crippen LogP contribution < -0.4 is 5.73 Å². The van der Waals surface area contributed by atoms with E-state index in [1.165, 1.54) is 4.31 Å². The second kappa shape index (κ2) is 8.10. The van der Waals surface area contributed by atoms with Crippen LogP contribution >= 0.6 is 12.4 Å². The first-order chi connectivity index (χ1) is 10.3. The minimum atomic E-state index is -3.48. The summed E-state index contributed by atoms with van der Waals surface area (Å²) in [6.07, 6.45) is 0. The van der Waals surface area contributed by atoms with Crippen LogP contribution in [0.5, 0.6) is 0 Å². The van der Waals surface area contributed by atoms with Gasteiger partial charge in [-0.25, -0.2) is 8.42 Å². The number of hydrogen-bond acceptors (Lipinski definition) is 4. The average Bonchev–Trinajstić information content (AvgIpc) is 2.54. The Morgan fingerprint density at radius 3 is 2.09 bits per heavy atom. The highest BCUT2D eigenvalue weighted by atomic mass is 35.5. The van der Waals surface area contributed by atoms with E-state index >= 15 is 0 Å². The lowest BCUT2D eigenvalue weighted by molar-refractivity contribution is -0.136. The zero-order chi connectivity index (χ0) is 16.3. The standard InChI is InChI=1S/C15H23N3O3S.ClH/c1-12(13(2)16)15(19)17-8-10-18(11-9-17)22(20,21)14-6-4-3-5-7-14;/h3-7,12-13H,8-11,16H2,1-2H3;1H. The van der Waals surface area contributed by atoms with Crippen molar-refractivity contribution in [2.45, 2.75) is 24.8 Å². The van der Waals surface area contributed by atoms with E-state index in [4.69, 9.17) is 5.73 Å². The summed E-state index contributed by atoms with van der Waals surface area (Å²) in [5.74, 6) is -0.260. The number of hydrogen-bond donors (Lipinski definition) is 1. The number of carbonyl (C=O) groups excluding carboxylic acids is 1. The maximum Gasteiger partial charge on any atom is 0.243 e. The van der Waals surface area contributed by atoms with Gasteiger partial charge in [-0.1, -0.05) is 25.1 Å². The molecule has 1 saturated heterocycles. The Morgan fingerprint density at radius 2 is 1.61 bits per heavy atom. The first-order valence-corrected chi connectivity index (χ1v) is 8.87. The van der Waals surface area contributed by atoms with Gasteiger partial charge < -0.3 is 10.6 Å². The maximum absolute atomic E-state index is 12.5. The van der Waals surface area contributed by atoms with Crippen molar-refractivity contribution in [3.05, 3.63) is 30.3 Å². The largest absolute Gasteiger partial charge is 0.340 e. The van der Waals surface area contributed by atoms with Crippen molar-refractivity contribution in [1.82, 2.24) is 9.21 Å². The molecule has 0 aliphatic carbocycles. The monoisotopic (exact) mass is 361 g/mol. The molecule has 0 spiro atoms. The molecule has 2 rings (SSSR count). The molecule has 1 aromatic carbocycles. The third kappa shape index (κ3) is 4.44. The fourth-order valence-electron chi connectivity index (χ4n) is 2.40. The van der Waals surface area contributed by atoms with E-state index in [0.717, 1.165) is 0 Å². The third-order valence-electron chi connectivity index (χ3n) is 4.11. The highest BCUT2D eigenvalue weighted by molar-refractivity contribution is 7.89. The number of nitrogens with two attached hydrogens (primary N) is 1. The van der Waals surface area contributed by atoms with Gasteiger partial charge in [-0.05, 0) is 19.1 Å². The first kappa shape index (κ1) is 19.9. The summed E-state index contributed by atoms with van der Waals surface area (Å²) < 4.78 is 26.4. The summed E-state index contributed by atoms with van der Waals surface area (Å²) >= 11 is 0. The van der Waals surface area contributed by atoms with E-state index in [2.05, 4.69) is 0 Å². The summed E-state index contributed by atoms with van der Waals surface area (Å²) in [5.41, 5.74) is 5.76. The lowest BCUT2D eigenvalue weighted by Gasteiger charge is -2.35. The van der Waals surface area contributed by atoms with Crippen molar-refractivity contribution in [2.24, 2.45) is 11.7 Å². The molecule has 2 atom stereocenters. The van der Waals surface area contributed by atoms with Crippen molar-refractivity contribution < 1.29 is 13.2 Å². The van der Waals surface area contributed by atoms with E-state index < -0.39 is 10.0 Å². The number of benzene rings is 1. The van der Waals surface area contributed by atoms with Crippen LogP contribution in [-0.4, -0.2) is 55.8 Å². The van der Waals surface area contributed by atoms with Crippen LogP contribution in [-0.2, 0) is 14.8 Å². The molecule has 1 aliphatic rings. The second-order valence-electron chi connectivity index (χ2n) is 5.69. The van der Waals surface area contributed by atoms with Gasteiger partial charge in [0.2, 0.25) is 15.9 Å². The zero-order valence-corrected chi connectivity index (χ0v) is 15.0. The topological polar surface area (TPSA) is 83.7 Å². The Morgan fingerprint density at radius 1 is 1.09 bits per heavy atom. The van der Waals surface area contributed by atoms with Gasteiger partial charge in [0.15, 0.2) is 0 Å². The molecule has 23 heavy (non-hydrogen) atoms. The molecule has 0 aromatic heterocycles. The van der Waals surface area contributed by atoms with Crippen LogP contribution in [0, 0.1) is 5.92 Å². The van der Waals surface area contributed by atoms with E-state index in [0.29, 0.717) is 31.1 Å². The van der Waals surface area contributed by atoms with Gasteiger partial charge in [-0.3, -0.25) is 4.79 Å². The zero-order valence-electron chi connectivity index (χ0n) is 13.4. The van der Waals surface area contributed by atoms with Gasteiger partial charge in [0, 0.05) is 32.2 Å². The molecule has 130 valence electrons. The number of carbonyl (C=O) groups is 1. The van der Waals surface area contributed by atoms with Crippen LogP contribution in [0.4, 0.5) is 0 Å². The predicted molar refractivity (Wildman–Crippen MR) is 91.8 cm³/mol. The number of halogens is 1. The molecule has 2 N–H and O–H groups in total. The van der Waals surface area contributed by atoms with Crippen LogP contribution in [0.15, 0.2) is 35.2 Å². The molecule has 2 unspecified atom stereocenters. The summed E-state index contributed by atoms with van der Waals surface area (Å²) in [5, 5.41) is 0. The lowest BCUT2D eigenvalue weighted by Crippen LogP contribution is -2.53. The van der Waals surface area contributed by atoms with Crippen molar-refractivity contribution >= 4 is 28.3 Å². The van der Waals surface area contributed by atoms with E-state index in [1.54, 1.807) is 49.1 Å². The van der Waals surface area contributed by atoms with Gasteiger partial charge in [0.25, 0.3) is 0 Å². The fraction of sp³-hybridized carbons (Fsp3) is 0.533. The second-order valence-corrected chi connectivity index (χ2v) is 7.63. The van der Waals surface area contributed by atoms with Crippen LogP contribution in [0.3, 0.4) is 0 Å². The van der Waals surface area contributed by atoms with Gasteiger partial charge >= 0.3 is 0 Å². The summed E-state index contributed by atoms with van der Waals surface area (Å²) in [6.45, 7) is 5.05. The molecule has 1 amide bonds. The molecule has 1 aliphatic heterocycles. The molecule has 0 bridgehead atoms. The van der Waals surface area contributed by atoms with Gasteiger partial charge in [0.1, 0.15) is 0 Å². The summed E-state index contributed by atoms with van der Waals surface area (Å²) in [7, 11) is -3.48. The van der Waals surface area contributed by atoms with Crippen LogP contribution in [0.1, 0.15) is 13.8 Å². The van der Waals surface area contributed by atoms with E-state index in [-0.39, 0.29) is 30.3 Å². The highest BCUT2D eigenvalue weighted by Gasteiger charge is 2.31. The Bertz CT molecular complexity index is 614. The molecule has 1 aromatic rings. The summed E-state index contributed by atoms with van der Waals surface area (Å²) in [4.78, 5) is 14.2. The smallest absolute Gasteiger partial charge is 0.243 e. The van der Waals surface area contributed by atoms with Gasteiger partial charge in [-0.2, -0.15) is 4.31 Å². The quantitative estimate of drug-likeness (QED) is 0.864. The highest BCUT2D eigenvalue weighted by Crippen LogP contribution is 2.18. The lowest BCUT2D eigenvalue weighted by atomic mass is 10.0. The molecular formula is C15H24ClN3O3S. The minimum Gasteiger partial charge on any atom is -0.340 e. The Labute approximate surface area is 144 Å². The average molecular weight is 362 g/mol. The van der Waals surface area contributed by atoms with Crippen LogP contribution in [0.25, 0.3) is 0 Å². The van der Waals surface area contributed by atoms with Gasteiger partial charge in [0.05, 0.1) is 10.8 Å². The van der Waals surface area contributed by atoms with Crippen molar-refractivity contribution in [1.29, 1.82) is 0 Å². The third-order valence-corrected chi connectivity index (χ3v) is 6.02. The first-order valence-electron chi connectivity index (χ1n) is 7.43. The Kier molecular flexibility index (Phi) is 7.01. The van der Waals surface area contributed by atoms with E-state index in [9.17, 15) is 13.2 Å². The fourth-order valence-corrected chi connectivity index (χ4v) is 3.85. The normalized spacial score (nSPS) is 18.8. The molecular weight excluding hydrogens is 338 g/mol. The molecule has 0 saturated carbocycles. The Hall–Kier alpha value is -1.15. The number of sulfonamides is 1. The Balaban J connectivity index is 0.00000264. The number of amides is 1. The SMILES string of the molecule is CC(N)C(C)C(=O)N1CCN(S(=O)(=O)c2ccccc2)CC1.Cl. The molecule has 6 nitrogen and oxygen atoms in total. The summed E-state index contributed by atoms with van der Waals surface area (Å²) in [6, 6.07) is 8.16. The molecule has 0 radical (unpaired) electrons. The number of nitrogens with zero attached hydrogens (tertiary/aromatic N) is 2.